The number of nitrogens with zero attached hydrogens (tertiary/aromatic N) is 4. The molecule has 0 radical (unpaired) electrons. The molecule has 0 unspecified atom stereocenters. The molecule has 148 valence electrons. The zero-order valence-electron chi connectivity index (χ0n) is 16.2. The van der Waals surface area contributed by atoms with E-state index in [-0.39, 0.29) is 24.5 Å². The van der Waals surface area contributed by atoms with Crippen molar-refractivity contribution < 1.29 is 9.26 Å². The molecule has 0 aliphatic carbocycles. The molecule has 2 aromatic carbocycles. The van der Waals surface area contributed by atoms with Gasteiger partial charge in [-0.05, 0) is 38.1 Å². The average Bonchev–Trinajstić information content (AvgIpc) is 3.21. The molecule has 0 saturated carbocycles. The third-order valence-electron chi connectivity index (χ3n) is 4.61. The fourth-order valence-electron chi connectivity index (χ4n) is 3.27. The quantitative estimate of drug-likeness (QED) is 0.501. The van der Waals surface area contributed by atoms with Crippen LogP contribution in [0.2, 0.25) is 0 Å². The molecule has 0 N–H and O–H groups in total. The number of fused-ring (bicyclic) bond motifs is 1. The Balaban J connectivity index is 1.75. The molecule has 0 amide bonds. The van der Waals surface area contributed by atoms with Gasteiger partial charge in [0.2, 0.25) is 11.7 Å². The Labute approximate surface area is 166 Å². The van der Waals surface area contributed by atoms with Crippen molar-refractivity contribution in [3.63, 3.8) is 0 Å². The van der Waals surface area contributed by atoms with Gasteiger partial charge in [-0.2, -0.15) is 4.98 Å². The lowest BCUT2D eigenvalue weighted by Gasteiger charge is -2.11. The van der Waals surface area contributed by atoms with Crippen LogP contribution in [0.1, 0.15) is 19.7 Å². The summed E-state index contributed by atoms with van der Waals surface area (Å²) in [4.78, 5) is 29.8. The third-order valence-corrected chi connectivity index (χ3v) is 4.61. The van der Waals surface area contributed by atoms with Gasteiger partial charge in [0.05, 0.1) is 17.5 Å². The van der Waals surface area contributed by atoms with E-state index >= 15 is 0 Å². The highest BCUT2D eigenvalue weighted by molar-refractivity contribution is 5.77. The summed E-state index contributed by atoms with van der Waals surface area (Å²) in [5.41, 5.74) is 0.574. The number of hydrogen-bond donors (Lipinski definition) is 0. The van der Waals surface area contributed by atoms with E-state index in [1.807, 2.05) is 31.2 Å². The van der Waals surface area contributed by atoms with Gasteiger partial charge in [-0.3, -0.25) is 13.9 Å². The number of rotatable bonds is 6. The molecule has 8 nitrogen and oxygen atoms in total. The maximum atomic E-state index is 12.9. The highest BCUT2D eigenvalue weighted by Crippen LogP contribution is 2.22. The van der Waals surface area contributed by atoms with Crippen LogP contribution in [0.15, 0.2) is 62.6 Å². The lowest BCUT2D eigenvalue weighted by atomic mass is 10.2. The molecule has 0 bridgehead atoms. The molecule has 8 heteroatoms. The summed E-state index contributed by atoms with van der Waals surface area (Å²) in [6, 6.07) is 14.4. The second kappa shape index (κ2) is 7.75. The summed E-state index contributed by atoms with van der Waals surface area (Å²) in [6.07, 6.45) is 0. The molecule has 4 rings (SSSR count). The van der Waals surface area contributed by atoms with Crippen LogP contribution < -0.4 is 16.0 Å². The van der Waals surface area contributed by atoms with Crippen molar-refractivity contribution in [2.75, 3.05) is 6.61 Å². The van der Waals surface area contributed by atoms with E-state index in [0.29, 0.717) is 29.1 Å². The second-order valence-corrected chi connectivity index (χ2v) is 6.41. The molecule has 2 heterocycles. The van der Waals surface area contributed by atoms with Gasteiger partial charge in [-0.15, -0.1) is 0 Å². The van der Waals surface area contributed by atoms with Crippen LogP contribution in [0, 0.1) is 0 Å². The van der Waals surface area contributed by atoms with Crippen molar-refractivity contribution in [2.24, 2.45) is 0 Å². The minimum absolute atomic E-state index is 0.0672. The van der Waals surface area contributed by atoms with Gasteiger partial charge in [0, 0.05) is 12.1 Å². The van der Waals surface area contributed by atoms with Crippen molar-refractivity contribution in [1.29, 1.82) is 0 Å². The first kappa shape index (κ1) is 18.7. The number of hydrogen-bond acceptors (Lipinski definition) is 6. The second-order valence-electron chi connectivity index (χ2n) is 6.41. The average molecular weight is 392 g/mol. The van der Waals surface area contributed by atoms with Crippen LogP contribution in [0.4, 0.5) is 0 Å². The summed E-state index contributed by atoms with van der Waals surface area (Å²) in [6.45, 7) is 4.58. The summed E-state index contributed by atoms with van der Waals surface area (Å²) in [5, 5.41) is 4.50. The Morgan fingerprint density at radius 1 is 1.03 bits per heavy atom. The van der Waals surface area contributed by atoms with Crippen LogP contribution in [0.5, 0.6) is 5.75 Å². The van der Waals surface area contributed by atoms with Crippen LogP contribution >= 0.6 is 0 Å². The predicted octanol–water partition coefficient (Wildman–Crippen LogP) is 2.68. The summed E-state index contributed by atoms with van der Waals surface area (Å²) >= 11 is 0. The summed E-state index contributed by atoms with van der Waals surface area (Å²) in [7, 11) is 0. The SMILES string of the molecule is CCOc1cccc(-c2noc(Cn3c(=O)n(CC)c(=O)c4ccccc43)n2)c1. The maximum absolute atomic E-state index is 12.9. The third kappa shape index (κ3) is 3.44. The van der Waals surface area contributed by atoms with Gasteiger partial charge in [0.1, 0.15) is 12.3 Å². The smallest absolute Gasteiger partial charge is 0.331 e. The Morgan fingerprint density at radius 3 is 2.66 bits per heavy atom. The van der Waals surface area contributed by atoms with E-state index in [4.69, 9.17) is 9.26 Å². The fourth-order valence-corrected chi connectivity index (χ4v) is 3.27. The number of aromatic nitrogens is 4. The van der Waals surface area contributed by atoms with Gasteiger partial charge >= 0.3 is 5.69 Å². The minimum atomic E-state index is -0.408. The Bertz CT molecular complexity index is 1290. The molecule has 2 aromatic heterocycles. The first-order valence-electron chi connectivity index (χ1n) is 9.40. The highest BCUT2D eigenvalue weighted by Gasteiger charge is 2.16. The summed E-state index contributed by atoms with van der Waals surface area (Å²) in [5.74, 6) is 1.40. The molecule has 0 aliphatic rings. The molecule has 4 aromatic rings. The molecule has 29 heavy (non-hydrogen) atoms. The van der Waals surface area contributed by atoms with E-state index < -0.39 is 5.69 Å². The highest BCUT2D eigenvalue weighted by atomic mass is 16.5. The molecule has 0 fully saturated rings. The largest absolute Gasteiger partial charge is 0.494 e. The van der Waals surface area contributed by atoms with Crippen LogP contribution in [-0.4, -0.2) is 25.9 Å². The zero-order valence-corrected chi connectivity index (χ0v) is 16.2. The maximum Gasteiger partial charge on any atom is 0.331 e. The molecule has 0 atom stereocenters. The summed E-state index contributed by atoms with van der Waals surface area (Å²) < 4.78 is 13.6. The normalized spacial score (nSPS) is 11.1. The Hall–Kier alpha value is -3.68. The van der Waals surface area contributed by atoms with Crippen molar-refractivity contribution in [2.45, 2.75) is 26.9 Å². The van der Waals surface area contributed by atoms with Gasteiger partial charge in [-0.25, -0.2) is 4.79 Å². The van der Waals surface area contributed by atoms with Crippen molar-refractivity contribution in [3.05, 3.63) is 75.3 Å². The van der Waals surface area contributed by atoms with E-state index in [9.17, 15) is 9.59 Å². The lowest BCUT2D eigenvalue weighted by molar-refractivity contribution is 0.340. The number of para-hydroxylation sites is 1. The standard InChI is InChI=1S/C21H20N4O4/c1-3-24-20(26)16-10-5-6-11-17(16)25(21(24)27)13-18-22-19(23-29-18)14-8-7-9-15(12-14)28-4-2/h5-12H,3-4,13H2,1-2H3. The monoisotopic (exact) mass is 392 g/mol. The Morgan fingerprint density at radius 2 is 1.86 bits per heavy atom. The molecule has 0 spiro atoms. The number of benzene rings is 2. The van der Waals surface area contributed by atoms with Crippen LogP contribution in [0.3, 0.4) is 0 Å². The molecular weight excluding hydrogens is 372 g/mol. The Kier molecular flexibility index (Phi) is 4.99. The van der Waals surface area contributed by atoms with Crippen molar-refractivity contribution in [3.8, 4) is 17.1 Å². The molecular formula is C21H20N4O4. The van der Waals surface area contributed by atoms with Gasteiger partial charge in [-0.1, -0.05) is 29.4 Å². The first-order valence-corrected chi connectivity index (χ1v) is 9.40. The molecule has 0 saturated heterocycles. The van der Waals surface area contributed by atoms with Gasteiger partial charge in [0.15, 0.2) is 0 Å². The first-order chi connectivity index (χ1) is 14.1. The lowest BCUT2D eigenvalue weighted by Crippen LogP contribution is -2.39. The van der Waals surface area contributed by atoms with E-state index in [0.717, 1.165) is 5.56 Å². The van der Waals surface area contributed by atoms with Crippen molar-refractivity contribution in [1.82, 2.24) is 19.3 Å². The zero-order chi connectivity index (χ0) is 20.4. The van der Waals surface area contributed by atoms with Crippen LogP contribution in [-0.2, 0) is 13.1 Å². The predicted molar refractivity (Wildman–Crippen MR) is 108 cm³/mol. The fraction of sp³-hybridized carbons (Fsp3) is 0.238. The van der Waals surface area contributed by atoms with Crippen LogP contribution in [0.25, 0.3) is 22.3 Å². The van der Waals surface area contributed by atoms with E-state index in [1.165, 1.54) is 9.13 Å². The van der Waals surface area contributed by atoms with Crippen molar-refractivity contribution >= 4 is 10.9 Å². The van der Waals surface area contributed by atoms with Gasteiger partial charge in [0.25, 0.3) is 5.56 Å². The van der Waals surface area contributed by atoms with E-state index in [1.54, 1.807) is 31.2 Å². The topological polar surface area (TPSA) is 92.2 Å². The van der Waals surface area contributed by atoms with Gasteiger partial charge < -0.3 is 9.26 Å². The minimum Gasteiger partial charge on any atom is -0.494 e. The number of ether oxygens (including phenoxy) is 1. The molecule has 0 aliphatic heterocycles. The van der Waals surface area contributed by atoms with E-state index in [2.05, 4.69) is 10.1 Å².